The number of piperazine rings is 1. The summed E-state index contributed by atoms with van der Waals surface area (Å²) in [7, 11) is 2.15. The smallest absolute Gasteiger partial charge is 0.308 e. The number of aromatic nitrogens is 1. The molecular weight excluding hydrogens is 731 g/mol. The first kappa shape index (κ1) is 37.2. The number of hydrogen-bond acceptors (Lipinski definition) is 8. The summed E-state index contributed by atoms with van der Waals surface area (Å²) in [5.74, 6) is 0.616. The molecule has 0 bridgehead atoms. The fourth-order valence-electron chi connectivity index (χ4n) is 8.35. The van der Waals surface area contributed by atoms with Gasteiger partial charge < -0.3 is 28.6 Å². The Hall–Kier alpha value is -6.43. The molecule has 294 valence electrons. The molecule has 0 N–H and O–H groups in total. The van der Waals surface area contributed by atoms with E-state index in [9.17, 15) is 4.79 Å². The van der Waals surface area contributed by atoms with Gasteiger partial charge in [0.25, 0.3) is 11.8 Å². The van der Waals surface area contributed by atoms with Crippen molar-refractivity contribution in [3.05, 3.63) is 143 Å². The zero-order chi connectivity index (χ0) is 39.9. The Morgan fingerprint density at radius 1 is 0.776 bits per heavy atom. The Bertz CT molecular complexity index is 2520. The number of carbonyl (C=O) groups excluding carboxylic acids is 3. The number of hydrogen-bond donors (Lipinski definition) is 0. The van der Waals surface area contributed by atoms with Gasteiger partial charge >= 0.3 is 5.97 Å². The lowest BCUT2D eigenvalue weighted by Gasteiger charge is -2.41. The zero-order valence-electron chi connectivity index (χ0n) is 32.9. The number of aryl methyl sites for hydroxylation is 1. The molecule has 0 aliphatic carbocycles. The Balaban J connectivity index is 1.14. The molecule has 58 heavy (non-hydrogen) atoms. The summed E-state index contributed by atoms with van der Waals surface area (Å²) in [6.07, 6.45) is 2.58. The summed E-state index contributed by atoms with van der Waals surface area (Å²) < 4.78 is 19.0. The minimum atomic E-state index is -0.427. The van der Waals surface area contributed by atoms with E-state index >= 15 is 9.59 Å². The Morgan fingerprint density at radius 3 is 2.16 bits per heavy atom. The van der Waals surface area contributed by atoms with Crippen LogP contribution in [0.2, 0.25) is 0 Å². The van der Waals surface area contributed by atoms with Crippen molar-refractivity contribution in [3.8, 4) is 22.9 Å². The van der Waals surface area contributed by atoms with Gasteiger partial charge in [-0.05, 0) is 80.1 Å². The van der Waals surface area contributed by atoms with E-state index in [1.165, 1.54) is 12.5 Å². The maximum atomic E-state index is 15.3. The van der Waals surface area contributed by atoms with Gasteiger partial charge in [-0.15, -0.1) is 0 Å². The number of ether oxygens (including phenoxy) is 3. The number of amides is 2. The highest BCUT2D eigenvalue weighted by molar-refractivity contribution is 6.17. The van der Waals surface area contributed by atoms with Gasteiger partial charge in [-0.1, -0.05) is 60.2 Å². The highest BCUT2D eigenvalue weighted by atomic mass is 16.7. The molecule has 11 heteroatoms. The average molecular weight is 776 g/mol. The largest absolute Gasteiger partial charge is 0.454 e. The monoisotopic (exact) mass is 775 g/mol. The third kappa shape index (κ3) is 7.19. The average Bonchev–Trinajstić information content (AvgIpc) is 3.86. The number of fused-ring (bicyclic) bond motifs is 3. The number of rotatable bonds is 8. The van der Waals surface area contributed by atoms with Gasteiger partial charge in [0, 0.05) is 81.3 Å². The predicted molar refractivity (Wildman–Crippen MR) is 223 cm³/mol. The molecule has 5 aromatic carbocycles. The quantitative estimate of drug-likeness (QED) is 0.117. The van der Waals surface area contributed by atoms with Crippen molar-refractivity contribution in [2.45, 2.75) is 32.9 Å². The molecule has 0 saturated carbocycles. The summed E-state index contributed by atoms with van der Waals surface area (Å²) in [6.45, 7) is 8.55. The summed E-state index contributed by atoms with van der Waals surface area (Å²) in [4.78, 5) is 50.5. The van der Waals surface area contributed by atoms with Gasteiger partial charge in [-0.3, -0.25) is 24.2 Å². The lowest BCUT2D eigenvalue weighted by molar-refractivity contribution is -0.131. The molecule has 0 radical (unpaired) electrons. The second kappa shape index (κ2) is 15.5. The molecule has 11 nitrogen and oxygen atoms in total. The topological polar surface area (TPSA) is 96.8 Å². The molecule has 0 unspecified atom stereocenters. The van der Waals surface area contributed by atoms with Crippen molar-refractivity contribution in [2.24, 2.45) is 0 Å². The standard InChI is InChI=1S/C47H45N5O6/c1-31-12-14-35(15-13-31)52(36-16-18-38(19-17-36)58-32(2)53)47(55)41-29-51(42-11-7-6-10-39(41)42)43-26-45-44(56-30-57-45)25-40(43)46(54)50-27-34-9-5-4-8-33(34)24-37(50)28-49-22-20-48(3)21-23-49/h4-19,25-26,29,37H,20-24,27-28,30H2,1-3H3/t37-/m0/s1. The normalized spacial score (nSPS) is 16.6. The van der Waals surface area contributed by atoms with Crippen LogP contribution in [0.3, 0.4) is 0 Å². The molecule has 1 aromatic heterocycles. The second-order valence-corrected chi connectivity index (χ2v) is 15.4. The molecular formula is C47H45N5O6. The summed E-state index contributed by atoms with van der Waals surface area (Å²) in [6, 6.07) is 34.4. The van der Waals surface area contributed by atoms with E-state index in [-0.39, 0.29) is 24.6 Å². The van der Waals surface area contributed by atoms with Crippen LogP contribution in [0.4, 0.5) is 11.4 Å². The van der Waals surface area contributed by atoms with Crippen molar-refractivity contribution < 1.29 is 28.6 Å². The fourth-order valence-corrected chi connectivity index (χ4v) is 8.35. The highest BCUT2D eigenvalue weighted by Gasteiger charge is 2.35. The number of esters is 1. The first-order valence-electron chi connectivity index (χ1n) is 19.7. The van der Waals surface area contributed by atoms with E-state index in [1.54, 1.807) is 35.2 Å². The highest BCUT2D eigenvalue weighted by Crippen LogP contribution is 2.40. The third-order valence-corrected chi connectivity index (χ3v) is 11.5. The first-order chi connectivity index (χ1) is 28.2. The van der Waals surface area contributed by atoms with Gasteiger partial charge in [0.15, 0.2) is 11.5 Å². The Kier molecular flexibility index (Phi) is 9.92. The summed E-state index contributed by atoms with van der Waals surface area (Å²) >= 11 is 0. The van der Waals surface area contributed by atoms with Crippen LogP contribution in [0.5, 0.6) is 17.2 Å². The van der Waals surface area contributed by atoms with E-state index in [2.05, 4.69) is 35.0 Å². The number of benzene rings is 5. The molecule has 9 rings (SSSR count). The molecule has 1 fully saturated rings. The zero-order valence-corrected chi connectivity index (χ0v) is 32.9. The van der Waals surface area contributed by atoms with Crippen molar-refractivity contribution in [1.29, 1.82) is 0 Å². The second-order valence-electron chi connectivity index (χ2n) is 15.4. The van der Waals surface area contributed by atoms with Crippen LogP contribution in [-0.2, 0) is 17.8 Å². The van der Waals surface area contributed by atoms with E-state index in [1.807, 2.05) is 83.3 Å². The van der Waals surface area contributed by atoms with Gasteiger partial charge in [0.2, 0.25) is 6.79 Å². The third-order valence-electron chi connectivity index (χ3n) is 11.5. The van der Waals surface area contributed by atoms with Crippen molar-refractivity contribution >= 4 is 40.1 Å². The molecule has 6 aromatic rings. The van der Waals surface area contributed by atoms with Crippen LogP contribution in [0, 0.1) is 6.92 Å². The molecule has 0 spiro atoms. The molecule has 3 aliphatic heterocycles. The Labute approximate surface area is 337 Å². The SMILES string of the molecule is CC(=O)Oc1ccc(N(C(=O)c2cn(-c3cc4c(cc3C(=O)N3Cc5ccccc5C[C@H]3CN3CCN(C)CC3)OCO4)c3ccccc23)c2ccc(C)cc2)cc1. The van der Waals surface area contributed by atoms with Gasteiger partial charge in [0.05, 0.1) is 22.3 Å². The van der Waals surface area contributed by atoms with Crippen LogP contribution >= 0.6 is 0 Å². The molecule has 2 amide bonds. The Morgan fingerprint density at radius 2 is 1.43 bits per heavy atom. The van der Waals surface area contributed by atoms with Crippen LogP contribution in [0.15, 0.2) is 115 Å². The van der Waals surface area contributed by atoms with Crippen LogP contribution in [0.25, 0.3) is 16.6 Å². The molecule has 4 heterocycles. The van der Waals surface area contributed by atoms with Crippen LogP contribution in [-0.4, -0.2) is 89.7 Å². The van der Waals surface area contributed by atoms with Crippen LogP contribution < -0.4 is 19.1 Å². The molecule has 1 atom stereocenters. The number of anilines is 2. The summed E-state index contributed by atoms with van der Waals surface area (Å²) in [5.41, 5.74) is 6.99. The number of carbonyl (C=O) groups is 3. The number of para-hydroxylation sites is 1. The lowest BCUT2D eigenvalue weighted by atomic mass is 9.92. The van der Waals surface area contributed by atoms with Crippen LogP contribution in [0.1, 0.15) is 44.3 Å². The maximum absolute atomic E-state index is 15.3. The van der Waals surface area contributed by atoms with E-state index in [4.69, 9.17) is 14.2 Å². The summed E-state index contributed by atoms with van der Waals surface area (Å²) in [5, 5.41) is 0.719. The van der Waals surface area contributed by atoms with Crippen molar-refractivity contribution in [3.63, 3.8) is 0 Å². The van der Waals surface area contributed by atoms with E-state index in [0.29, 0.717) is 52.0 Å². The van der Waals surface area contributed by atoms with Gasteiger partial charge in [-0.2, -0.15) is 0 Å². The van der Waals surface area contributed by atoms with Gasteiger partial charge in [-0.25, -0.2) is 0 Å². The minimum Gasteiger partial charge on any atom is -0.454 e. The number of nitrogens with zero attached hydrogens (tertiary/aromatic N) is 5. The van der Waals surface area contributed by atoms with E-state index < -0.39 is 5.97 Å². The van der Waals surface area contributed by atoms with Crippen molar-refractivity contribution in [2.75, 3.05) is 51.5 Å². The predicted octanol–water partition coefficient (Wildman–Crippen LogP) is 7.39. The number of likely N-dealkylation sites (N-methyl/N-ethyl adjacent to an activating group) is 1. The lowest BCUT2D eigenvalue weighted by Crippen LogP contribution is -2.53. The van der Waals surface area contributed by atoms with Gasteiger partial charge in [0.1, 0.15) is 5.75 Å². The van der Waals surface area contributed by atoms with Crippen molar-refractivity contribution in [1.82, 2.24) is 19.3 Å². The minimum absolute atomic E-state index is 0.0436. The molecule has 1 saturated heterocycles. The maximum Gasteiger partial charge on any atom is 0.308 e. The van der Waals surface area contributed by atoms with E-state index in [0.717, 1.165) is 61.2 Å². The molecule has 3 aliphatic rings. The fraction of sp³-hybridized carbons (Fsp3) is 0.255. The first-order valence-corrected chi connectivity index (χ1v) is 19.7.